The lowest BCUT2D eigenvalue weighted by molar-refractivity contribution is 0.580. The molecule has 9 heteroatoms. The van der Waals surface area contributed by atoms with Gasteiger partial charge in [-0.3, -0.25) is 4.98 Å². The Balaban J connectivity index is 1.95. The summed E-state index contributed by atoms with van der Waals surface area (Å²) in [7, 11) is -7.45. The highest BCUT2D eigenvalue weighted by Gasteiger charge is 2.21. The Kier molecular flexibility index (Phi) is 5.16. The summed E-state index contributed by atoms with van der Waals surface area (Å²) in [5.74, 6) is 0. The third-order valence-corrected chi connectivity index (χ3v) is 7.29. The van der Waals surface area contributed by atoms with Crippen LogP contribution in [0.3, 0.4) is 0 Å². The number of benzene rings is 2. The lowest BCUT2D eigenvalue weighted by Crippen LogP contribution is -2.24. The van der Waals surface area contributed by atoms with Gasteiger partial charge in [-0.15, -0.1) is 0 Å². The van der Waals surface area contributed by atoms with Gasteiger partial charge in [0.15, 0.2) is 9.84 Å². The predicted octanol–water partition coefficient (Wildman–Crippen LogP) is 2.88. The molecule has 0 bridgehead atoms. The van der Waals surface area contributed by atoms with Gasteiger partial charge < -0.3 is 0 Å². The van der Waals surface area contributed by atoms with Crippen LogP contribution in [-0.2, 0) is 26.4 Å². The van der Waals surface area contributed by atoms with E-state index >= 15 is 0 Å². The van der Waals surface area contributed by atoms with Crippen LogP contribution < -0.4 is 4.72 Å². The zero-order valence-corrected chi connectivity index (χ0v) is 16.9. The lowest BCUT2D eigenvalue weighted by Gasteiger charge is -2.11. The fraction of sp³-hybridized carbons (Fsp3) is 0.118. The number of nitrogens with one attached hydrogen (secondary N) is 1. The molecule has 0 unspecified atom stereocenters. The molecular formula is C17H15BrN2O4S2. The first-order valence-corrected chi connectivity index (χ1v) is 11.7. The number of para-hydroxylation sites is 1. The molecule has 0 saturated heterocycles. The smallest absolute Gasteiger partial charge is 0.242 e. The first kappa shape index (κ1) is 19.0. The molecule has 0 spiro atoms. The van der Waals surface area contributed by atoms with Gasteiger partial charge in [-0.05, 0) is 45.8 Å². The molecule has 1 heterocycles. The lowest BCUT2D eigenvalue weighted by atomic mass is 10.1. The number of rotatable bonds is 5. The Morgan fingerprint density at radius 1 is 1.04 bits per heavy atom. The molecule has 0 amide bonds. The summed E-state index contributed by atoms with van der Waals surface area (Å²) in [6.07, 6.45) is 2.67. The molecule has 1 N–H and O–H groups in total. The number of halogens is 1. The van der Waals surface area contributed by atoms with Crippen LogP contribution in [0.1, 0.15) is 5.56 Å². The van der Waals surface area contributed by atoms with E-state index in [0.29, 0.717) is 5.52 Å². The molecule has 2 aromatic carbocycles. The predicted molar refractivity (Wildman–Crippen MR) is 103 cm³/mol. The number of sulfonamides is 1. The number of aromatic nitrogens is 1. The van der Waals surface area contributed by atoms with Gasteiger partial charge in [-0.2, -0.15) is 0 Å². The van der Waals surface area contributed by atoms with Crippen LogP contribution in [0.15, 0.2) is 69.0 Å². The fourth-order valence-electron chi connectivity index (χ4n) is 2.48. The molecule has 0 radical (unpaired) electrons. The van der Waals surface area contributed by atoms with E-state index in [0.717, 1.165) is 23.3 Å². The molecule has 0 atom stereocenters. The molecule has 3 rings (SSSR count). The van der Waals surface area contributed by atoms with Crippen LogP contribution in [0.25, 0.3) is 10.9 Å². The minimum atomic E-state index is -3.93. The molecule has 0 aliphatic carbocycles. The van der Waals surface area contributed by atoms with Crippen molar-refractivity contribution in [1.82, 2.24) is 9.71 Å². The maximum atomic E-state index is 12.7. The van der Waals surface area contributed by atoms with Crippen LogP contribution in [0.5, 0.6) is 0 Å². The fourth-order valence-corrected chi connectivity index (χ4v) is 5.20. The van der Waals surface area contributed by atoms with E-state index in [4.69, 9.17) is 0 Å². The van der Waals surface area contributed by atoms with Crippen LogP contribution in [0, 0.1) is 0 Å². The third kappa shape index (κ3) is 3.96. The van der Waals surface area contributed by atoms with Gasteiger partial charge in [-0.25, -0.2) is 21.6 Å². The summed E-state index contributed by atoms with van der Waals surface area (Å²) in [5, 5.41) is 0.907. The van der Waals surface area contributed by atoms with Gasteiger partial charge in [0.1, 0.15) is 0 Å². The third-order valence-electron chi connectivity index (χ3n) is 3.79. The summed E-state index contributed by atoms with van der Waals surface area (Å²) in [6, 6.07) is 13.1. The second kappa shape index (κ2) is 7.07. The highest BCUT2D eigenvalue weighted by Crippen LogP contribution is 2.25. The van der Waals surface area contributed by atoms with Gasteiger partial charge in [0.2, 0.25) is 10.0 Å². The molecule has 6 nitrogen and oxygen atoms in total. The Morgan fingerprint density at radius 2 is 1.77 bits per heavy atom. The van der Waals surface area contributed by atoms with Crippen LogP contribution in [0.4, 0.5) is 0 Å². The van der Waals surface area contributed by atoms with Crippen molar-refractivity contribution < 1.29 is 16.8 Å². The number of sulfone groups is 1. The van der Waals surface area contributed by atoms with Crippen molar-refractivity contribution in [2.45, 2.75) is 16.3 Å². The summed E-state index contributed by atoms with van der Waals surface area (Å²) >= 11 is 3.17. The van der Waals surface area contributed by atoms with E-state index in [-0.39, 0.29) is 20.8 Å². The average molecular weight is 455 g/mol. The minimum Gasteiger partial charge on any atom is -0.256 e. The number of nitrogens with zero attached hydrogens (tertiary/aromatic N) is 1. The summed E-state index contributed by atoms with van der Waals surface area (Å²) in [4.78, 5) is 4.10. The SMILES string of the molecule is CS(=O)(=O)c1ccc(Br)c(S(=O)(=O)NCc2cccc3cccnc23)c1. The molecule has 26 heavy (non-hydrogen) atoms. The largest absolute Gasteiger partial charge is 0.256 e. The molecule has 0 aliphatic heterocycles. The highest BCUT2D eigenvalue weighted by molar-refractivity contribution is 9.10. The van der Waals surface area contributed by atoms with Crippen molar-refractivity contribution in [3.05, 3.63) is 64.8 Å². The zero-order chi connectivity index (χ0) is 18.9. The minimum absolute atomic E-state index is 0.0340. The maximum Gasteiger partial charge on any atom is 0.242 e. The van der Waals surface area contributed by atoms with E-state index in [1.807, 2.05) is 24.3 Å². The Labute approximate surface area is 160 Å². The number of hydrogen-bond acceptors (Lipinski definition) is 5. The van der Waals surface area contributed by atoms with E-state index in [1.54, 1.807) is 12.3 Å². The standard InChI is InChI=1S/C17H15BrN2O4S2/c1-25(21,22)14-7-8-15(18)16(10-14)26(23,24)20-11-13-5-2-4-12-6-3-9-19-17(12)13/h2-10,20H,11H2,1H3. The topological polar surface area (TPSA) is 93.2 Å². The molecule has 0 saturated carbocycles. The maximum absolute atomic E-state index is 12.7. The molecule has 1 aromatic heterocycles. The van der Waals surface area contributed by atoms with Crippen molar-refractivity contribution >= 4 is 46.7 Å². The molecular weight excluding hydrogens is 440 g/mol. The Morgan fingerprint density at radius 3 is 2.50 bits per heavy atom. The van der Waals surface area contributed by atoms with Gasteiger partial charge in [0.05, 0.1) is 15.3 Å². The van der Waals surface area contributed by atoms with Gasteiger partial charge in [-0.1, -0.05) is 24.3 Å². The molecule has 136 valence electrons. The van der Waals surface area contributed by atoms with Gasteiger partial charge in [0, 0.05) is 28.9 Å². The van der Waals surface area contributed by atoms with E-state index in [2.05, 4.69) is 25.6 Å². The van der Waals surface area contributed by atoms with Crippen molar-refractivity contribution in [2.24, 2.45) is 0 Å². The van der Waals surface area contributed by atoms with Gasteiger partial charge in [0.25, 0.3) is 0 Å². The van der Waals surface area contributed by atoms with Crippen molar-refractivity contribution in [2.75, 3.05) is 6.26 Å². The molecule has 0 aliphatic rings. The van der Waals surface area contributed by atoms with E-state index in [1.165, 1.54) is 12.1 Å². The van der Waals surface area contributed by atoms with E-state index in [9.17, 15) is 16.8 Å². The summed E-state index contributed by atoms with van der Waals surface area (Å²) < 4.78 is 51.6. The Hall–Kier alpha value is -1.81. The van der Waals surface area contributed by atoms with Crippen LogP contribution in [0.2, 0.25) is 0 Å². The number of hydrogen-bond donors (Lipinski definition) is 1. The zero-order valence-electron chi connectivity index (χ0n) is 13.7. The monoisotopic (exact) mass is 454 g/mol. The molecule has 3 aromatic rings. The number of fused-ring (bicyclic) bond motifs is 1. The Bertz CT molecular complexity index is 1190. The average Bonchev–Trinajstić information content (AvgIpc) is 2.59. The highest BCUT2D eigenvalue weighted by atomic mass is 79.9. The quantitative estimate of drug-likeness (QED) is 0.639. The first-order valence-electron chi connectivity index (χ1n) is 7.50. The van der Waals surface area contributed by atoms with E-state index < -0.39 is 19.9 Å². The normalized spacial score (nSPS) is 12.4. The van der Waals surface area contributed by atoms with Crippen LogP contribution >= 0.6 is 15.9 Å². The van der Waals surface area contributed by atoms with Gasteiger partial charge >= 0.3 is 0 Å². The van der Waals surface area contributed by atoms with Crippen LogP contribution in [-0.4, -0.2) is 28.1 Å². The van der Waals surface area contributed by atoms with Crippen molar-refractivity contribution in [3.8, 4) is 0 Å². The second-order valence-electron chi connectivity index (χ2n) is 5.68. The molecule has 0 fully saturated rings. The number of pyridine rings is 1. The summed E-state index contributed by atoms with van der Waals surface area (Å²) in [6.45, 7) is 0.0340. The second-order valence-corrected chi connectivity index (χ2v) is 10.3. The van der Waals surface area contributed by atoms with Crippen molar-refractivity contribution in [3.63, 3.8) is 0 Å². The first-order chi connectivity index (χ1) is 12.2. The summed E-state index contributed by atoms with van der Waals surface area (Å²) in [5.41, 5.74) is 1.43. The van der Waals surface area contributed by atoms with Crippen molar-refractivity contribution in [1.29, 1.82) is 0 Å².